The van der Waals surface area contributed by atoms with Gasteiger partial charge >= 0.3 is 0 Å². The Hall–Kier alpha value is -1.32. The molecule has 0 spiro atoms. The third-order valence-electron chi connectivity index (χ3n) is 1.07. The molecule has 0 fully saturated rings. The molecule has 10 heavy (non-hydrogen) atoms. The van der Waals surface area contributed by atoms with E-state index in [0.29, 0.717) is 5.75 Å². The van der Waals surface area contributed by atoms with Crippen molar-refractivity contribution in [2.24, 2.45) is 0 Å². The molecular weight excluding hydrogens is 137 g/mol. The van der Waals surface area contributed by atoms with Gasteiger partial charge in [-0.1, -0.05) is 0 Å². The quantitative estimate of drug-likeness (QED) is 0.622. The third kappa shape index (κ3) is 1.15. The number of nitrogens with one attached hydrogen (secondary N) is 1. The van der Waals surface area contributed by atoms with Gasteiger partial charge < -0.3 is 9.72 Å². The smallest absolute Gasteiger partial charge is 0.284 e. The molecule has 0 bridgehead atoms. The van der Waals surface area contributed by atoms with Crippen molar-refractivity contribution in [3.63, 3.8) is 0 Å². The summed E-state index contributed by atoms with van der Waals surface area (Å²) in [6.07, 6.45) is 1.30. The second-order valence-electron chi connectivity index (χ2n) is 1.72. The lowest BCUT2D eigenvalue weighted by molar-refractivity contribution is 0.408. The molecule has 0 radical (unpaired) electrons. The lowest BCUT2D eigenvalue weighted by atomic mass is 10.4. The van der Waals surface area contributed by atoms with Crippen molar-refractivity contribution in [2.45, 2.75) is 0 Å². The maximum absolute atomic E-state index is 12.3. The van der Waals surface area contributed by atoms with Crippen LogP contribution < -0.4 is 10.3 Å². The zero-order valence-corrected chi connectivity index (χ0v) is 5.35. The van der Waals surface area contributed by atoms with Crippen LogP contribution >= 0.6 is 0 Å². The maximum atomic E-state index is 12.3. The number of H-pyrrole nitrogens is 1. The summed E-state index contributed by atoms with van der Waals surface area (Å²) in [4.78, 5) is 12.6. The van der Waals surface area contributed by atoms with Crippen LogP contribution in [-0.2, 0) is 0 Å². The molecule has 1 rings (SSSR count). The number of aromatic nitrogens is 1. The van der Waals surface area contributed by atoms with E-state index in [0.717, 1.165) is 6.07 Å². The molecule has 1 heterocycles. The highest BCUT2D eigenvalue weighted by Gasteiger charge is 1.97. The van der Waals surface area contributed by atoms with E-state index >= 15 is 0 Å². The molecule has 0 aliphatic rings. The van der Waals surface area contributed by atoms with Crippen molar-refractivity contribution in [2.75, 3.05) is 7.11 Å². The van der Waals surface area contributed by atoms with E-state index in [1.54, 1.807) is 0 Å². The highest BCUT2D eigenvalue weighted by Crippen LogP contribution is 2.04. The number of pyridine rings is 1. The van der Waals surface area contributed by atoms with Gasteiger partial charge in [0.25, 0.3) is 5.56 Å². The minimum atomic E-state index is -0.834. The summed E-state index contributed by atoms with van der Waals surface area (Å²) in [5, 5.41) is 0. The predicted octanol–water partition coefficient (Wildman–Crippen LogP) is 0.523. The van der Waals surface area contributed by atoms with Crippen molar-refractivity contribution in [1.82, 2.24) is 4.98 Å². The Balaban J connectivity index is 3.17. The van der Waals surface area contributed by atoms with Crippen LogP contribution in [0.15, 0.2) is 17.1 Å². The zero-order valence-electron chi connectivity index (χ0n) is 5.35. The number of rotatable bonds is 1. The summed E-state index contributed by atoms with van der Waals surface area (Å²) in [5.74, 6) is -0.531. The summed E-state index contributed by atoms with van der Waals surface area (Å²) in [6, 6.07) is 1.03. The highest BCUT2D eigenvalue weighted by atomic mass is 19.1. The van der Waals surface area contributed by atoms with Gasteiger partial charge in [-0.25, -0.2) is 4.39 Å². The molecule has 0 saturated carbocycles. The topological polar surface area (TPSA) is 42.1 Å². The van der Waals surface area contributed by atoms with Gasteiger partial charge in [0, 0.05) is 12.3 Å². The average molecular weight is 143 g/mol. The van der Waals surface area contributed by atoms with Gasteiger partial charge in [-0.15, -0.1) is 0 Å². The Morgan fingerprint density at radius 3 is 2.90 bits per heavy atom. The van der Waals surface area contributed by atoms with Gasteiger partial charge in [-0.3, -0.25) is 4.79 Å². The molecule has 1 aromatic rings. The van der Waals surface area contributed by atoms with E-state index in [1.807, 2.05) is 0 Å². The Kier molecular flexibility index (Phi) is 1.71. The first kappa shape index (κ1) is 6.80. The Labute approximate surface area is 56.5 Å². The van der Waals surface area contributed by atoms with Crippen LogP contribution in [0.1, 0.15) is 0 Å². The predicted molar refractivity (Wildman–Crippen MR) is 33.6 cm³/mol. The van der Waals surface area contributed by atoms with Gasteiger partial charge in [0.15, 0.2) is 5.82 Å². The molecule has 4 heteroatoms. The van der Waals surface area contributed by atoms with Gasteiger partial charge in [-0.05, 0) is 0 Å². The molecule has 1 N–H and O–H groups in total. The van der Waals surface area contributed by atoms with Gasteiger partial charge in [0.1, 0.15) is 5.75 Å². The second kappa shape index (κ2) is 2.51. The molecular formula is C6H6FNO2. The number of hydrogen-bond donors (Lipinski definition) is 1. The number of methoxy groups -OCH3 is 1. The number of ether oxygens (including phenoxy) is 1. The van der Waals surface area contributed by atoms with Crippen molar-refractivity contribution >= 4 is 0 Å². The third-order valence-corrected chi connectivity index (χ3v) is 1.07. The molecule has 3 nitrogen and oxygen atoms in total. The number of aromatic amines is 1. The molecule has 0 unspecified atom stereocenters. The minimum Gasteiger partial charge on any atom is -0.495 e. The number of hydrogen-bond acceptors (Lipinski definition) is 2. The monoisotopic (exact) mass is 143 g/mol. The normalized spacial score (nSPS) is 9.40. The van der Waals surface area contributed by atoms with Crippen LogP contribution in [0.25, 0.3) is 0 Å². The molecule has 0 aromatic carbocycles. The van der Waals surface area contributed by atoms with Crippen molar-refractivity contribution in [3.8, 4) is 5.75 Å². The summed E-state index contributed by atoms with van der Waals surface area (Å²) in [7, 11) is 1.40. The molecule has 54 valence electrons. The number of halogens is 1. The van der Waals surface area contributed by atoms with Gasteiger partial charge in [0.05, 0.1) is 7.11 Å². The van der Waals surface area contributed by atoms with E-state index in [9.17, 15) is 9.18 Å². The molecule has 0 saturated heterocycles. The maximum Gasteiger partial charge on any atom is 0.284 e. The van der Waals surface area contributed by atoms with Crippen LogP contribution in [0.5, 0.6) is 5.75 Å². The standard InChI is InChI=1S/C6H6FNO2/c1-10-4-2-5(7)6(9)8-3-4/h2-3H,1H3,(H,8,9). The van der Waals surface area contributed by atoms with Crippen molar-refractivity contribution in [3.05, 3.63) is 28.4 Å². The SMILES string of the molecule is COc1c[nH]c(=O)c(F)c1. The highest BCUT2D eigenvalue weighted by molar-refractivity contribution is 5.16. The first-order chi connectivity index (χ1) is 4.74. The Bertz CT molecular complexity index is 281. The van der Waals surface area contributed by atoms with E-state index in [1.165, 1.54) is 13.3 Å². The molecule has 0 amide bonds. The lowest BCUT2D eigenvalue weighted by Crippen LogP contribution is -2.08. The largest absolute Gasteiger partial charge is 0.495 e. The lowest BCUT2D eigenvalue weighted by Gasteiger charge is -1.95. The van der Waals surface area contributed by atoms with Gasteiger partial charge in [-0.2, -0.15) is 0 Å². The zero-order chi connectivity index (χ0) is 7.56. The minimum absolute atomic E-state index is 0.303. The molecule has 0 atom stereocenters. The van der Waals surface area contributed by atoms with E-state index in [-0.39, 0.29) is 0 Å². The van der Waals surface area contributed by atoms with E-state index < -0.39 is 11.4 Å². The second-order valence-corrected chi connectivity index (χ2v) is 1.72. The van der Waals surface area contributed by atoms with E-state index in [2.05, 4.69) is 9.72 Å². The fraction of sp³-hybridized carbons (Fsp3) is 0.167. The van der Waals surface area contributed by atoms with Crippen LogP contribution in [0.2, 0.25) is 0 Å². The first-order valence-electron chi connectivity index (χ1n) is 2.66. The fourth-order valence-electron chi connectivity index (χ4n) is 0.556. The van der Waals surface area contributed by atoms with Gasteiger partial charge in [0.2, 0.25) is 0 Å². The van der Waals surface area contributed by atoms with Crippen LogP contribution in [0.3, 0.4) is 0 Å². The van der Waals surface area contributed by atoms with Crippen LogP contribution in [0, 0.1) is 5.82 Å². The molecule has 0 aliphatic carbocycles. The van der Waals surface area contributed by atoms with E-state index in [4.69, 9.17) is 0 Å². The fourth-order valence-corrected chi connectivity index (χ4v) is 0.556. The summed E-state index contributed by atoms with van der Waals surface area (Å²) in [5.41, 5.74) is -0.735. The summed E-state index contributed by atoms with van der Waals surface area (Å²) >= 11 is 0. The van der Waals surface area contributed by atoms with Crippen molar-refractivity contribution in [1.29, 1.82) is 0 Å². The Morgan fingerprint density at radius 1 is 1.70 bits per heavy atom. The summed E-state index contributed by atoms with van der Waals surface area (Å²) < 4.78 is 17.0. The first-order valence-corrected chi connectivity index (χ1v) is 2.66. The molecule has 0 aliphatic heterocycles. The molecule has 1 aromatic heterocycles. The van der Waals surface area contributed by atoms with Crippen molar-refractivity contribution < 1.29 is 9.13 Å². The summed E-state index contributed by atoms with van der Waals surface area (Å²) in [6.45, 7) is 0. The van der Waals surface area contributed by atoms with Crippen LogP contribution in [0.4, 0.5) is 4.39 Å². The Morgan fingerprint density at radius 2 is 2.40 bits per heavy atom. The average Bonchev–Trinajstić information content (AvgIpc) is 1.95. The van der Waals surface area contributed by atoms with Crippen LogP contribution in [-0.4, -0.2) is 12.1 Å².